The summed E-state index contributed by atoms with van der Waals surface area (Å²) >= 11 is 1.26. The molecule has 3 aromatic carbocycles. The van der Waals surface area contributed by atoms with E-state index in [4.69, 9.17) is 4.74 Å². The standard InChI is InChI=1S/C25H23FN4O2S/c1-32-22-14-8-5-11-19(22)24-28-29-25(30(24)16-15-18-9-3-2-4-10-18)33-17-23(31)27-21-13-7-6-12-20(21)26/h2-14H,15-17H2,1H3,(H,27,31). The first-order chi connectivity index (χ1) is 16.2. The maximum atomic E-state index is 13.8. The number of aromatic nitrogens is 3. The Bertz CT molecular complexity index is 1230. The van der Waals surface area contributed by atoms with Crippen LogP contribution in [0.15, 0.2) is 84.0 Å². The number of ether oxygens (including phenoxy) is 1. The lowest BCUT2D eigenvalue weighted by molar-refractivity contribution is -0.113. The Hall–Kier alpha value is -3.65. The van der Waals surface area contributed by atoms with Crippen LogP contribution >= 0.6 is 11.8 Å². The summed E-state index contributed by atoms with van der Waals surface area (Å²) in [6, 6.07) is 23.8. The molecule has 0 unspecified atom stereocenters. The van der Waals surface area contributed by atoms with E-state index < -0.39 is 5.82 Å². The van der Waals surface area contributed by atoms with Crippen molar-refractivity contribution in [2.45, 2.75) is 18.1 Å². The number of halogens is 1. The van der Waals surface area contributed by atoms with Crippen molar-refractivity contribution in [2.75, 3.05) is 18.2 Å². The van der Waals surface area contributed by atoms with E-state index in [0.29, 0.717) is 23.3 Å². The molecule has 0 atom stereocenters. The average molecular weight is 463 g/mol. The summed E-state index contributed by atoms with van der Waals surface area (Å²) in [6.45, 7) is 0.627. The molecule has 0 aliphatic heterocycles. The van der Waals surface area contributed by atoms with E-state index in [9.17, 15) is 9.18 Å². The average Bonchev–Trinajstić information content (AvgIpc) is 3.26. The Morgan fingerprint density at radius 3 is 2.52 bits per heavy atom. The number of rotatable bonds is 9. The maximum Gasteiger partial charge on any atom is 0.234 e. The first kappa shape index (κ1) is 22.5. The van der Waals surface area contributed by atoms with Crippen LogP contribution in [0.1, 0.15) is 5.56 Å². The number of aryl methyl sites for hydroxylation is 1. The molecule has 0 aliphatic rings. The summed E-state index contributed by atoms with van der Waals surface area (Å²) in [5, 5.41) is 12.0. The molecule has 168 valence electrons. The van der Waals surface area contributed by atoms with Crippen LogP contribution in [0, 0.1) is 5.82 Å². The number of nitrogens with zero attached hydrogens (tertiary/aromatic N) is 3. The molecule has 6 nitrogen and oxygen atoms in total. The van der Waals surface area contributed by atoms with Crippen LogP contribution in [0.25, 0.3) is 11.4 Å². The van der Waals surface area contributed by atoms with E-state index in [1.165, 1.54) is 29.5 Å². The van der Waals surface area contributed by atoms with Crippen LogP contribution < -0.4 is 10.1 Å². The van der Waals surface area contributed by atoms with Gasteiger partial charge < -0.3 is 14.6 Å². The van der Waals surface area contributed by atoms with E-state index in [2.05, 4.69) is 27.6 Å². The smallest absolute Gasteiger partial charge is 0.234 e. The van der Waals surface area contributed by atoms with Gasteiger partial charge in [0.2, 0.25) is 5.91 Å². The minimum atomic E-state index is -0.472. The summed E-state index contributed by atoms with van der Waals surface area (Å²) in [7, 11) is 1.62. The van der Waals surface area contributed by atoms with Gasteiger partial charge in [-0.3, -0.25) is 4.79 Å². The van der Waals surface area contributed by atoms with Crippen molar-refractivity contribution in [1.82, 2.24) is 14.8 Å². The molecule has 4 rings (SSSR count). The number of methoxy groups -OCH3 is 1. The van der Waals surface area contributed by atoms with Gasteiger partial charge in [0.25, 0.3) is 0 Å². The number of hydrogen-bond donors (Lipinski definition) is 1. The molecule has 0 bridgehead atoms. The molecule has 0 fully saturated rings. The lowest BCUT2D eigenvalue weighted by Gasteiger charge is -2.12. The monoisotopic (exact) mass is 462 g/mol. The fourth-order valence-electron chi connectivity index (χ4n) is 3.39. The van der Waals surface area contributed by atoms with E-state index >= 15 is 0 Å². The molecule has 1 N–H and O–H groups in total. The van der Waals surface area contributed by atoms with Crippen molar-refractivity contribution in [3.05, 3.63) is 90.2 Å². The summed E-state index contributed by atoms with van der Waals surface area (Å²) in [5.41, 5.74) is 2.16. The van der Waals surface area contributed by atoms with Gasteiger partial charge in [-0.2, -0.15) is 0 Å². The van der Waals surface area contributed by atoms with E-state index in [-0.39, 0.29) is 17.3 Å². The van der Waals surface area contributed by atoms with E-state index in [1.54, 1.807) is 19.2 Å². The number of amides is 1. The number of para-hydroxylation sites is 2. The van der Waals surface area contributed by atoms with Gasteiger partial charge in [0.05, 0.1) is 24.1 Å². The van der Waals surface area contributed by atoms with Gasteiger partial charge in [-0.15, -0.1) is 10.2 Å². The van der Waals surface area contributed by atoms with Gasteiger partial charge >= 0.3 is 0 Å². The Balaban J connectivity index is 1.55. The third-order valence-corrected chi connectivity index (χ3v) is 5.98. The van der Waals surface area contributed by atoms with Gasteiger partial charge in [0.15, 0.2) is 11.0 Å². The van der Waals surface area contributed by atoms with Gasteiger partial charge in [0, 0.05) is 6.54 Å². The number of thioether (sulfide) groups is 1. The Morgan fingerprint density at radius 1 is 1.00 bits per heavy atom. The van der Waals surface area contributed by atoms with Crippen molar-refractivity contribution >= 4 is 23.4 Å². The third kappa shape index (κ3) is 5.59. The van der Waals surface area contributed by atoms with E-state index in [1.807, 2.05) is 47.0 Å². The van der Waals surface area contributed by atoms with Gasteiger partial charge in [-0.25, -0.2) is 4.39 Å². The SMILES string of the molecule is COc1ccccc1-c1nnc(SCC(=O)Nc2ccccc2F)n1CCc1ccccc1. The fourth-order valence-corrected chi connectivity index (χ4v) is 4.15. The lowest BCUT2D eigenvalue weighted by Crippen LogP contribution is -2.15. The third-order valence-electron chi connectivity index (χ3n) is 5.01. The molecular weight excluding hydrogens is 439 g/mol. The van der Waals surface area contributed by atoms with E-state index in [0.717, 1.165) is 12.0 Å². The largest absolute Gasteiger partial charge is 0.496 e. The number of benzene rings is 3. The molecule has 1 amide bonds. The minimum absolute atomic E-state index is 0.0731. The summed E-state index contributed by atoms with van der Waals surface area (Å²) in [5.74, 6) is 0.644. The number of nitrogens with one attached hydrogen (secondary N) is 1. The van der Waals surface area contributed by atoms with Gasteiger partial charge in [-0.05, 0) is 36.2 Å². The predicted molar refractivity (Wildman–Crippen MR) is 128 cm³/mol. The molecule has 0 aliphatic carbocycles. The normalized spacial score (nSPS) is 10.7. The van der Waals surface area contributed by atoms with Crippen LogP contribution in [0.5, 0.6) is 5.75 Å². The van der Waals surface area contributed by atoms with Crippen LogP contribution in [0.3, 0.4) is 0 Å². The lowest BCUT2D eigenvalue weighted by atomic mass is 10.1. The van der Waals surface area contributed by atoms with Gasteiger partial charge in [-0.1, -0.05) is 66.4 Å². The first-order valence-electron chi connectivity index (χ1n) is 10.4. The quantitative estimate of drug-likeness (QED) is 0.352. The molecule has 8 heteroatoms. The second-order valence-electron chi connectivity index (χ2n) is 7.21. The van der Waals surface area contributed by atoms with Crippen LogP contribution in [0.4, 0.5) is 10.1 Å². The second kappa shape index (κ2) is 10.8. The molecule has 0 spiro atoms. The summed E-state index contributed by atoms with van der Waals surface area (Å²) < 4.78 is 21.3. The topological polar surface area (TPSA) is 69.0 Å². The molecule has 0 saturated carbocycles. The zero-order chi connectivity index (χ0) is 23.0. The van der Waals surface area contributed by atoms with Gasteiger partial charge in [0.1, 0.15) is 11.6 Å². The highest BCUT2D eigenvalue weighted by Crippen LogP contribution is 2.31. The van der Waals surface area contributed by atoms with Crippen molar-refractivity contribution in [3.8, 4) is 17.1 Å². The second-order valence-corrected chi connectivity index (χ2v) is 8.15. The van der Waals surface area contributed by atoms with Crippen LogP contribution in [0.2, 0.25) is 0 Å². The summed E-state index contributed by atoms with van der Waals surface area (Å²) in [6.07, 6.45) is 0.774. The van der Waals surface area contributed by atoms with Crippen molar-refractivity contribution in [3.63, 3.8) is 0 Å². The number of carbonyl (C=O) groups excluding carboxylic acids is 1. The predicted octanol–water partition coefficient (Wildman–Crippen LogP) is 5.07. The molecule has 33 heavy (non-hydrogen) atoms. The van der Waals surface area contributed by atoms with Crippen molar-refractivity contribution in [2.24, 2.45) is 0 Å². The molecule has 0 saturated heterocycles. The zero-order valence-electron chi connectivity index (χ0n) is 18.1. The van der Waals surface area contributed by atoms with Crippen molar-refractivity contribution < 1.29 is 13.9 Å². The summed E-state index contributed by atoms with van der Waals surface area (Å²) in [4.78, 5) is 12.4. The molecule has 0 radical (unpaired) electrons. The Labute approximate surface area is 195 Å². The number of hydrogen-bond acceptors (Lipinski definition) is 5. The Morgan fingerprint density at radius 2 is 1.73 bits per heavy atom. The first-order valence-corrected chi connectivity index (χ1v) is 11.4. The van der Waals surface area contributed by atoms with Crippen LogP contribution in [-0.2, 0) is 17.8 Å². The maximum absolute atomic E-state index is 13.8. The minimum Gasteiger partial charge on any atom is -0.496 e. The highest BCUT2D eigenvalue weighted by Gasteiger charge is 2.18. The highest BCUT2D eigenvalue weighted by atomic mass is 32.2. The fraction of sp³-hybridized carbons (Fsp3) is 0.160. The zero-order valence-corrected chi connectivity index (χ0v) is 18.9. The molecule has 1 heterocycles. The molecular formula is C25H23FN4O2S. The number of carbonyl (C=O) groups is 1. The molecule has 1 aromatic heterocycles. The molecule has 4 aromatic rings. The van der Waals surface area contributed by atoms with Crippen LogP contribution in [-0.4, -0.2) is 33.5 Å². The van der Waals surface area contributed by atoms with Crippen molar-refractivity contribution in [1.29, 1.82) is 0 Å². The number of anilines is 1. The highest BCUT2D eigenvalue weighted by molar-refractivity contribution is 7.99. The Kier molecular flexibility index (Phi) is 7.36.